The van der Waals surface area contributed by atoms with Crippen LogP contribution in [0.15, 0.2) is 72.8 Å². The van der Waals surface area contributed by atoms with Gasteiger partial charge in [-0.05, 0) is 29.9 Å². The molecule has 0 aromatic heterocycles. The second kappa shape index (κ2) is 8.13. The molecular formula is C23H23N3O2. The number of nitrogens with one attached hydrogen (secondary N) is 3. The molecule has 142 valence electrons. The van der Waals surface area contributed by atoms with E-state index >= 15 is 0 Å². The van der Waals surface area contributed by atoms with E-state index in [1.54, 1.807) is 0 Å². The van der Waals surface area contributed by atoms with Crippen LogP contribution in [0, 0.1) is 0 Å². The monoisotopic (exact) mass is 373 g/mol. The summed E-state index contributed by atoms with van der Waals surface area (Å²) in [6.07, 6.45) is 2.46. The number of urea groups is 1. The van der Waals surface area contributed by atoms with Gasteiger partial charge in [0.2, 0.25) is 5.91 Å². The molecule has 1 unspecified atom stereocenters. The zero-order valence-electron chi connectivity index (χ0n) is 15.5. The van der Waals surface area contributed by atoms with Crippen LogP contribution in [0.4, 0.5) is 10.5 Å². The third-order valence-corrected chi connectivity index (χ3v) is 4.87. The van der Waals surface area contributed by atoms with Crippen LogP contribution in [0.1, 0.15) is 18.4 Å². The Labute approximate surface area is 164 Å². The number of benzene rings is 3. The Hall–Kier alpha value is -3.34. The molecule has 0 spiro atoms. The Morgan fingerprint density at radius 3 is 2.39 bits per heavy atom. The predicted molar refractivity (Wildman–Crippen MR) is 111 cm³/mol. The second-order valence-electron chi connectivity index (χ2n) is 7.15. The molecule has 3 aromatic rings. The zero-order chi connectivity index (χ0) is 19.3. The van der Waals surface area contributed by atoms with Crippen molar-refractivity contribution in [2.24, 2.45) is 0 Å². The summed E-state index contributed by atoms with van der Waals surface area (Å²) >= 11 is 0. The van der Waals surface area contributed by atoms with Crippen LogP contribution >= 0.6 is 0 Å². The van der Waals surface area contributed by atoms with Crippen molar-refractivity contribution in [1.29, 1.82) is 0 Å². The molecule has 1 aliphatic carbocycles. The molecule has 0 bridgehead atoms. The van der Waals surface area contributed by atoms with Crippen LogP contribution in [0.3, 0.4) is 0 Å². The van der Waals surface area contributed by atoms with Crippen molar-refractivity contribution in [3.05, 3.63) is 78.4 Å². The third kappa shape index (κ3) is 4.49. The molecule has 0 aliphatic heterocycles. The summed E-state index contributed by atoms with van der Waals surface area (Å²) in [4.78, 5) is 25.3. The van der Waals surface area contributed by atoms with Crippen LogP contribution in [-0.2, 0) is 11.2 Å². The van der Waals surface area contributed by atoms with E-state index in [2.05, 4.69) is 16.0 Å². The summed E-state index contributed by atoms with van der Waals surface area (Å²) in [5.74, 6) is -0.139. The highest BCUT2D eigenvalue weighted by Gasteiger charge is 2.28. The van der Waals surface area contributed by atoms with E-state index in [9.17, 15) is 9.59 Å². The summed E-state index contributed by atoms with van der Waals surface area (Å²) in [6.45, 7) is 0. The first-order valence-corrected chi connectivity index (χ1v) is 9.58. The Morgan fingerprint density at radius 1 is 0.893 bits per heavy atom. The van der Waals surface area contributed by atoms with E-state index < -0.39 is 6.04 Å². The van der Waals surface area contributed by atoms with E-state index in [0.717, 1.165) is 34.9 Å². The van der Waals surface area contributed by atoms with Crippen molar-refractivity contribution in [3.63, 3.8) is 0 Å². The largest absolute Gasteiger partial charge is 0.352 e. The quantitative estimate of drug-likeness (QED) is 0.614. The zero-order valence-corrected chi connectivity index (χ0v) is 15.5. The first-order chi connectivity index (χ1) is 13.7. The molecule has 0 heterocycles. The molecule has 3 aromatic carbocycles. The molecule has 1 aliphatic rings. The number of amides is 3. The Kier molecular flexibility index (Phi) is 5.24. The molecule has 1 fully saturated rings. The normalized spacial score (nSPS) is 14.3. The summed E-state index contributed by atoms with van der Waals surface area (Å²) in [6, 6.07) is 22.6. The Bertz CT molecular complexity index is 978. The molecular weight excluding hydrogens is 350 g/mol. The van der Waals surface area contributed by atoms with Gasteiger partial charge in [0, 0.05) is 17.8 Å². The molecule has 1 saturated carbocycles. The van der Waals surface area contributed by atoms with Gasteiger partial charge in [0.1, 0.15) is 6.04 Å². The van der Waals surface area contributed by atoms with Gasteiger partial charge in [-0.15, -0.1) is 0 Å². The summed E-state index contributed by atoms with van der Waals surface area (Å²) in [7, 11) is 0. The predicted octanol–water partition coefficient (Wildman–Crippen LogP) is 3.85. The number of hydrogen-bond acceptors (Lipinski definition) is 2. The highest BCUT2D eigenvalue weighted by Crippen LogP contribution is 2.23. The highest BCUT2D eigenvalue weighted by molar-refractivity contribution is 6.02. The smallest absolute Gasteiger partial charge is 0.319 e. The lowest BCUT2D eigenvalue weighted by Crippen LogP contribution is -2.49. The van der Waals surface area contributed by atoms with Crippen molar-refractivity contribution in [2.45, 2.75) is 31.3 Å². The number of hydrogen-bond donors (Lipinski definition) is 3. The van der Waals surface area contributed by atoms with E-state index in [-0.39, 0.29) is 18.0 Å². The minimum absolute atomic E-state index is 0.139. The maximum absolute atomic E-state index is 12.7. The fraction of sp³-hybridized carbons (Fsp3) is 0.217. The van der Waals surface area contributed by atoms with Crippen molar-refractivity contribution < 1.29 is 9.59 Å². The number of rotatable bonds is 6. The SMILES string of the molecule is O=C(Nc1cccc2ccccc12)NC(Cc1ccccc1)C(=O)NC1CC1. The van der Waals surface area contributed by atoms with Gasteiger partial charge in [0.15, 0.2) is 0 Å². The minimum Gasteiger partial charge on any atom is -0.352 e. The average Bonchev–Trinajstić information content (AvgIpc) is 3.52. The van der Waals surface area contributed by atoms with Gasteiger partial charge in [0.05, 0.1) is 5.69 Å². The van der Waals surface area contributed by atoms with Crippen molar-refractivity contribution in [3.8, 4) is 0 Å². The van der Waals surface area contributed by atoms with Gasteiger partial charge < -0.3 is 16.0 Å². The van der Waals surface area contributed by atoms with Gasteiger partial charge in [-0.3, -0.25) is 4.79 Å². The van der Waals surface area contributed by atoms with Gasteiger partial charge in [-0.1, -0.05) is 66.7 Å². The standard InChI is InChI=1S/C23H23N3O2/c27-22(24-18-13-14-18)21(15-16-7-2-1-3-8-16)26-23(28)25-20-12-6-10-17-9-4-5-11-19(17)20/h1-12,18,21H,13-15H2,(H,24,27)(H2,25,26,28). The fourth-order valence-corrected chi connectivity index (χ4v) is 3.24. The third-order valence-electron chi connectivity index (χ3n) is 4.87. The van der Waals surface area contributed by atoms with Crippen LogP contribution < -0.4 is 16.0 Å². The molecule has 0 saturated heterocycles. The molecule has 0 radical (unpaired) electrons. The number of fused-ring (bicyclic) bond motifs is 1. The fourth-order valence-electron chi connectivity index (χ4n) is 3.24. The molecule has 3 N–H and O–H groups in total. The molecule has 5 nitrogen and oxygen atoms in total. The second-order valence-corrected chi connectivity index (χ2v) is 7.15. The first-order valence-electron chi connectivity index (χ1n) is 9.58. The Morgan fingerprint density at radius 2 is 1.61 bits per heavy atom. The molecule has 5 heteroatoms. The van der Waals surface area contributed by atoms with E-state index in [4.69, 9.17) is 0 Å². The van der Waals surface area contributed by atoms with Crippen molar-refractivity contribution in [2.75, 3.05) is 5.32 Å². The van der Waals surface area contributed by atoms with E-state index in [1.807, 2.05) is 72.8 Å². The highest BCUT2D eigenvalue weighted by atomic mass is 16.2. The average molecular weight is 373 g/mol. The van der Waals surface area contributed by atoms with Crippen molar-refractivity contribution in [1.82, 2.24) is 10.6 Å². The lowest BCUT2D eigenvalue weighted by molar-refractivity contribution is -0.123. The number of carbonyl (C=O) groups excluding carboxylic acids is 2. The maximum Gasteiger partial charge on any atom is 0.319 e. The lowest BCUT2D eigenvalue weighted by atomic mass is 10.1. The van der Waals surface area contributed by atoms with Gasteiger partial charge in [-0.2, -0.15) is 0 Å². The summed E-state index contributed by atoms with van der Waals surface area (Å²) in [5.41, 5.74) is 1.72. The van der Waals surface area contributed by atoms with E-state index in [0.29, 0.717) is 6.42 Å². The Balaban J connectivity index is 1.48. The van der Waals surface area contributed by atoms with Crippen LogP contribution in [0.25, 0.3) is 10.8 Å². The van der Waals surface area contributed by atoms with Crippen LogP contribution in [0.2, 0.25) is 0 Å². The molecule has 1 atom stereocenters. The summed E-state index contributed by atoms with van der Waals surface area (Å²) < 4.78 is 0. The first kappa shape index (κ1) is 18.0. The van der Waals surface area contributed by atoms with Crippen LogP contribution in [0.5, 0.6) is 0 Å². The lowest BCUT2D eigenvalue weighted by Gasteiger charge is -2.19. The molecule has 28 heavy (non-hydrogen) atoms. The van der Waals surface area contributed by atoms with Gasteiger partial charge in [0.25, 0.3) is 0 Å². The topological polar surface area (TPSA) is 70.2 Å². The van der Waals surface area contributed by atoms with Gasteiger partial charge in [-0.25, -0.2) is 4.79 Å². The van der Waals surface area contributed by atoms with Crippen LogP contribution in [-0.4, -0.2) is 24.0 Å². The number of anilines is 1. The van der Waals surface area contributed by atoms with Crippen molar-refractivity contribution >= 4 is 28.4 Å². The maximum atomic E-state index is 12.7. The van der Waals surface area contributed by atoms with E-state index in [1.165, 1.54) is 0 Å². The minimum atomic E-state index is -0.627. The molecule has 3 amide bonds. The number of carbonyl (C=O) groups is 2. The summed E-state index contributed by atoms with van der Waals surface area (Å²) in [5, 5.41) is 10.7. The molecule has 4 rings (SSSR count). The van der Waals surface area contributed by atoms with Gasteiger partial charge >= 0.3 is 6.03 Å².